The van der Waals surface area contributed by atoms with Gasteiger partial charge < -0.3 is 25.3 Å². The van der Waals surface area contributed by atoms with E-state index in [4.69, 9.17) is 25.6 Å². The van der Waals surface area contributed by atoms with Crippen LogP contribution in [0.3, 0.4) is 0 Å². The smallest absolute Gasteiger partial charge is 0.178 e. The highest BCUT2D eigenvalue weighted by Gasteiger charge is 2.08. The van der Waals surface area contributed by atoms with Gasteiger partial charge in [-0.3, -0.25) is 5.41 Å². The van der Waals surface area contributed by atoms with Crippen molar-refractivity contribution in [2.75, 3.05) is 13.2 Å². The quantitative estimate of drug-likeness (QED) is 0.398. The summed E-state index contributed by atoms with van der Waals surface area (Å²) in [4.78, 5) is 0. The van der Waals surface area contributed by atoms with Crippen LogP contribution in [0.1, 0.15) is 0 Å². The number of aliphatic hydroxyl groups is 2. The Hall–Kier alpha value is -1.73. The number of ether oxygens (including phenoxy) is 1. The number of aromatic hydroxyl groups is 1. The summed E-state index contributed by atoms with van der Waals surface area (Å²) in [5.41, 5.74) is -0.277. The fourth-order valence-electron chi connectivity index (χ4n) is 0.868. The molecule has 7 heteroatoms. The van der Waals surface area contributed by atoms with Gasteiger partial charge in [0.1, 0.15) is 12.7 Å². The van der Waals surface area contributed by atoms with Crippen LogP contribution in [0.15, 0.2) is 12.3 Å². The molecule has 7 nitrogen and oxygen atoms in total. The van der Waals surface area contributed by atoms with E-state index in [1.807, 2.05) is 0 Å². The van der Waals surface area contributed by atoms with Crippen molar-refractivity contribution in [3.8, 4) is 11.5 Å². The highest BCUT2D eigenvalue weighted by molar-refractivity contribution is 5.34. The lowest BCUT2D eigenvalue weighted by Crippen LogP contribution is -2.22. The molecule has 0 aliphatic heterocycles. The van der Waals surface area contributed by atoms with Gasteiger partial charge in [-0.2, -0.15) is 4.73 Å². The van der Waals surface area contributed by atoms with Crippen molar-refractivity contribution in [1.82, 2.24) is 4.73 Å². The number of hydrogen-bond acceptors (Lipinski definition) is 6. The number of nitrogens with zero attached hydrogens (tertiary/aromatic N) is 1. The minimum atomic E-state index is -1.06. The van der Waals surface area contributed by atoms with Crippen LogP contribution in [0.2, 0.25) is 0 Å². The highest BCUT2D eigenvalue weighted by Crippen LogP contribution is 2.22. The van der Waals surface area contributed by atoms with Crippen molar-refractivity contribution in [3.05, 3.63) is 17.8 Å². The summed E-state index contributed by atoms with van der Waals surface area (Å²) in [5, 5.41) is 42.9. The number of pyridine rings is 1. The first-order valence-electron chi connectivity index (χ1n) is 4.16. The summed E-state index contributed by atoms with van der Waals surface area (Å²) >= 11 is 0. The van der Waals surface area contributed by atoms with Gasteiger partial charge >= 0.3 is 0 Å². The Morgan fingerprint density at radius 2 is 2.20 bits per heavy atom. The Balaban J connectivity index is 2.78. The molecule has 0 spiro atoms. The Kier molecular flexibility index (Phi) is 3.53. The molecule has 1 atom stereocenters. The molecule has 1 rings (SSSR count). The molecule has 0 radical (unpaired) electrons. The summed E-state index contributed by atoms with van der Waals surface area (Å²) in [7, 11) is 0. The fraction of sp³-hybridized carbons (Fsp3) is 0.375. The largest absolute Gasteiger partial charge is 0.503 e. The fourth-order valence-corrected chi connectivity index (χ4v) is 0.868. The van der Waals surface area contributed by atoms with E-state index >= 15 is 0 Å². The first-order chi connectivity index (χ1) is 7.04. The summed E-state index contributed by atoms with van der Waals surface area (Å²) in [6.07, 6.45) is -0.164. The number of rotatable bonds is 4. The van der Waals surface area contributed by atoms with Crippen molar-refractivity contribution in [3.63, 3.8) is 0 Å². The Labute approximate surface area is 84.9 Å². The second-order valence-electron chi connectivity index (χ2n) is 2.90. The molecular weight excluding hydrogens is 204 g/mol. The molecule has 0 saturated carbocycles. The highest BCUT2D eigenvalue weighted by atomic mass is 16.5. The molecule has 84 valence electrons. The van der Waals surface area contributed by atoms with Crippen LogP contribution in [-0.2, 0) is 0 Å². The molecule has 0 saturated heterocycles. The molecule has 15 heavy (non-hydrogen) atoms. The van der Waals surface area contributed by atoms with Crippen molar-refractivity contribution < 1.29 is 25.3 Å². The monoisotopic (exact) mass is 216 g/mol. The van der Waals surface area contributed by atoms with Crippen LogP contribution >= 0.6 is 0 Å². The molecular formula is C8H12N2O5. The normalized spacial score (nSPS) is 12.4. The van der Waals surface area contributed by atoms with E-state index in [-0.39, 0.29) is 23.6 Å². The van der Waals surface area contributed by atoms with Gasteiger partial charge in [-0.05, 0) is 0 Å². The van der Waals surface area contributed by atoms with Gasteiger partial charge in [0.05, 0.1) is 12.8 Å². The number of aromatic nitrogens is 1. The predicted octanol–water partition coefficient (Wildman–Crippen LogP) is -1.36. The van der Waals surface area contributed by atoms with Crippen LogP contribution < -0.4 is 10.2 Å². The minimum absolute atomic E-state index is 0.0437. The van der Waals surface area contributed by atoms with E-state index in [9.17, 15) is 5.11 Å². The van der Waals surface area contributed by atoms with E-state index in [1.165, 1.54) is 0 Å². The van der Waals surface area contributed by atoms with Gasteiger partial charge in [0, 0.05) is 6.07 Å². The van der Waals surface area contributed by atoms with Crippen LogP contribution in [0.4, 0.5) is 0 Å². The third kappa shape index (κ3) is 2.86. The predicted molar refractivity (Wildman–Crippen MR) is 47.7 cm³/mol. The summed E-state index contributed by atoms with van der Waals surface area (Å²) in [6.45, 7) is -0.666. The average molecular weight is 216 g/mol. The maximum absolute atomic E-state index is 9.27. The van der Waals surface area contributed by atoms with E-state index in [1.54, 1.807) is 0 Å². The van der Waals surface area contributed by atoms with E-state index in [0.29, 0.717) is 4.73 Å². The molecule has 1 unspecified atom stereocenters. The van der Waals surface area contributed by atoms with Gasteiger partial charge in [-0.25, -0.2) is 0 Å². The number of aliphatic hydroxyl groups excluding tert-OH is 2. The van der Waals surface area contributed by atoms with Crippen LogP contribution in [0.25, 0.3) is 0 Å². The zero-order valence-electron chi connectivity index (χ0n) is 7.79. The van der Waals surface area contributed by atoms with Gasteiger partial charge in [0.15, 0.2) is 17.0 Å². The second kappa shape index (κ2) is 4.67. The average Bonchev–Trinajstić information content (AvgIpc) is 2.21. The third-order valence-electron chi connectivity index (χ3n) is 1.65. The molecule has 0 aromatic carbocycles. The molecule has 5 N–H and O–H groups in total. The first kappa shape index (κ1) is 11.3. The van der Waals surface area contributed by atoms with E-state index in [2.05, 4.69) is 0 Å². The molecule has 1 heterocycles. The maximum atomic E-state index is 9.27. The van der Waals surface area contributed by atoms with Gasteiger partial charge in [0.25, 0.3) is 0 Å². The molecule has 0 aliphatic carbocycles. The Morgan fingerprint density at radius 3 is 2.80 bits per heavy atom. The molecule has 0 fully saturated rings. The zero-order valence-corrected chi connectivity index (χ0v) is 7.79. The van der Waals surface area contributed by atoms with E-state index in [0.717, 1.165) is 12.3 Å². The molecule has 1 aromatic rings. The molecule has 0 bridgehead atoms. The maximum Gasteiger partial charge on any atom is 0.178 e. The van der Waals surface area contributed by atoms with Gasteiger partial charge in [-0.15, -0.1) is 0 Å². The van der Waals surface area contributed by atoms with Gasteiger partial charge in [-0.1, -0.05) is 0 Å². The second-order valence-corrected chi connectivity index (χ2v) is 2.90. The minimum Gasteiger partial charge on any atom is -0.503 e. The van der Waals surface area contributed by atoms with Crippen LogP contribution in [-0.4, -0.2) is 44.6 Å². The zero-order chi connectivity index (χ0) is 11.4. The SMILES string of the molecule is N=c1cc(OCC(O)CO)c(O)cn1O. The summed E-state index contributed by atoms with van der Waals surface area (Å²) in [5.74, 6) is -0.406. The first-order valence-corrected chi connectivity index (χ1v) is 4.16. The van der Waals surface area contributed by atoms with E-state index < -0.39 is 12.7 Å². The Bertz CT molecular complexity index is 389. The summed E-state index contributed by atoms with van der Waals surface area (Å²) < 4.78 is 5.34. The van der Waals surface area contributed by atoms with Crippen LogP contribution in [0.5, 0.6) is 11.5 Å². The standard InChI is InChI=1S/C8H12N2O5/c9-8-1-7(6(13)2-10(8)14)15-4-5(12)3-11/h1-2,5,9,11-14H,3-4H2. The molecule has 1 aromatic heterocycles. The van der Waals surface area contributed by atoms with Crippen LogP contribution in [0, 0.1) is 5.41 Å². The lowest BCUT2D eigenvalue weighted by molar-refractivity contribution is 0.0522. The third-order valence-corrected chi connectivity index (χ3v) is 1.65. The molecule has 0 aliphatic rings. The Morgan fingerprint density at radius 1 is 1.53 bits per heavy atom. The number of nitrogens with one attached hydrogen (secondary N) is 1. The summed E-state index contributed by atoms with van der Waals surface area (Å²) in [6, 6.07) is 1.08. The lowest BCUT2D eigenvalue weighted by atomic mass is 10.4. The molecule has 0 amide bonds. The van der Waals surface area contributed by atoms with Crippen molar-refractivity contribution in [2.24, 2.45) is 0 Å². The van der Waals surface area contributed by atoms with Crippen molar-refractivity contribution >= 4 is 0 Å². The lowest BCUT2D eigenvalue weighted by Gasteiger charge is -2.11. The van der Waals surface area contributed by atoms with Crippen molar-refractivity contribution in [1.29, 1.82) is 5.41 Å². The topological polar surface area (TPSA) is 119 Å². The van der Waals surface area contributed by atoms with Gasteiger partial charge in [0.2, 0.25) is 0 Å². The number of hydrogen-bond donors (Lipinski definition) is 5. The van der Waals surface area contributed by atoms with Crippen molar-refractivity contribution in [2.45, 2.75) is 6.10 Å².